The second-order valence-corrected chi connectivity index (χ2v) is 5.99. The van der Waals surface area contributed by atoms with Crippen LogP contribution in [0, 0.1) is 6.92 Å². The average Bonchev–Trinajstić information content (AvgIpc) is 2.90. The summed E-state index contributed by atoms with van der Waals surface area (Å²) in [6.07, 6.45) is 2.10. The zero-order valence-electron chi connectivity index (χ0n) is 12.6. The maximum atomic E-state index is 12.5. The number of allylic oxidation sites excluding steroid dienone is 2. The zero-order valence-corrected chi connectivity index (χ0v) is 12.6. The van der Waals surface area contributed by atoms with E-state index in [9.17, 15) is 15.0 Å². The van der Waals surface area contributed by atoms with Gasteiger partial charge >= 0.3 is 0 Å². The van der Waals surface area contributed by atoms with Crippen molar-refractivity contribution in [3.63, 3.8) is 0 Å². The summed E-state index contributed by atoms with van der Waals surface area (Å²) in [5.41, 5.74) is 3.82. The second-order valence-electron chi connectivity index (χ2n) is 5.99. The minimum absolute atomic E-state index is 0.0996. The molecule has 1 aromatic heterocycles. The fourth-order valence-corrected chi connectivity index (χ4v) is 3.47. The number of fused-ring (bicyclic) bond motifs is 1. The third-order valence-corrected chi connectivity index (χ3v) is 4.54. The Balaban J connectivity index is 1.95. The number of nitrogens with one attached hydrogen (secondary N) is 1. The van der Waals surface area contributed by atoms with Gasteiger partial charge in [-0.25, -0.2) is 0 Å². The van der Waals surface area contributed by atoms with Crippen LogP contribution < -0.4 is 5.32 Å². The highest BCUT2D eigenvalue weighted by Gasteiger charge is 2.38. The highest BCUT2D eigenvalue weighted by molar-refractivity contribution is 6.01. The van der Waals surface area contributed by atoms with Crippen LogP contribution in [0.1, 0.15) is 42.0 Å². The van der Waals surface area contributed by atoms with Crippen LogP contribution in [0.25, 0.3) is 0 Å². The highest BCUT2D eigenvalue weighted by atomic mass is 16.5. The summed E-state index contributed by atoms with van der Waals surface area (Å²) in [7, 11) is 0. The van der Waals surface area contributed by atoms with E-state index in [1.54, 1.807) is 6.07 Å². The summed E-state index contributed by atoms with van der Waals surface area (Å²) >= 11 is 0. The zero-order chi connectivity index (χ0) is 16.1. The Morgan fingerprint density at radius 1 is 1.26 bits per heavy atom. The first-order valence-electron chi connectivity index (χ1n) is 7.57. The molecule has 2 aliphatic rings. The van der Waals surface area contributed by atoms with Crippen LogP contribution in [0.4, 0.5) is 5.88 Å². The van der Waals surface area contributed by atoms with E-state index in [1.807, 2.05) is 6.92 Å². The third kappa shape index (κ3) is 2.02. The van der Waals surface area contributed by atoms with Gasteiger partial charge in [-0.15, -0.1) is 0 Å². The van der Waals surface area contributed by atoms with Crippen molar-refractivity contribution in [2.24, 2.45) is 0 Å². The molecular weight excluding hydrogens is 296 g/mol. The fraction of sp³-hybridized carbons (Fsp3) is 0.294. The molecule has 1 atom stereocenters. The van der Waals surface area contributed by atoms with Gasteiger partial charge in [0.15, 0.2) is 17.3 Å². The lowest BCUT2D eigenvalue weighted by Crippen LogP contribution is -2.26. The maximum absolute atomic E-state index is 12.5. The normalized spacial score (nSPS) is 20.0. The Hall–Kier alpha value is -2.76. The molecule has 2 heterocycles. The number of anilines is 1. The largest absolute Gasteiger partial charge is 0.504 e. The summed E-state index contributed by atoms with van der Waals surface area (Å²) in [6, 6.07) is 4.64. The number of aromatic hydroxyl groups is 2. The van der Waals surface area contributed by atoms with Gasteiger partial charge in [0.2, 0.25) is 5.88 Å². The van der Waals surface area contributed by atoms with Crippen molar-refractivity contribution in [1.29, 1.82) is 0 Å². The molecule has 0 amide bonds. The Morgan fingerprint density at radius 2 is 2.09 bits per heavy atom. The van der Waals surface area contributed by atoms with Gasteiger partial charge in [-0.2, -0.15) is 0 Å². The third-order valence-electron chi connectivity index (χ3n) is 4.54. The number of phenols is 2. The number of carbonyl (C=O) groups is 1. The molecule has 1 aliphatic heterocycles. The monoisotopic (exact) mass is 312 g/mol. The number of Topliss-reactive ketones (excluding diaryl/α,β-unsaturated/α-hetero) is 1. The van der Waals surface area contributed by atoms with Gasteiger partial charge in [0.1, 0.15) is 0 Å². The van der Waals surface area contributed by atoms with Crippen molar-refractivity contribution >= 4 is 11.7 Å². The molecule has 118 valence electrons. The van der Waals surface area contributed by atoms with Crippen LogP contribution in [0.2, 0.25) is 0 Å². The molecule has 2 aromatic rings. The molecule has 1 aliphatic carbocycles. The number of hydrogen-bond donors (Lipinski definition) is 3. The van der Waals surface area contributed by atoms with E-state index >= 15 is 0 Å². The van der Waals surface area contributed by atoms with E-state index in [1.165, 1.54) is 12.1 Å². The summed E-state index contributed by atoms with van der Waals surface area (Å²) in [4.78, 5) is 12.5. The standard InChI is InChI=1S/C17H16N2O4/c1-8-14-15(9-5-6-11(20)13(22)7-9)16-10(3-2-4-12(16)21)18-17(14)23-19-8/h5-7,15,18,20,22H,2-4H2,1H3/t15-/m1/s1. The second kappa shape index (κ2) is 4.87. The molecule has 0 saturated heterocycles. The minimum atomic E-state index is -0.341. The van der Waals surface area contributed by atoms with Crippen LogP contribution in [-0.4, -0.2) is 21.2 Å². The molecule has 0 fully saturated rings. The average molecular weight is 312 g/mol. The van der Waals surface area contributed by atoms with Crippen molar-refractivity contribution in [3.05, 3.63) is 46.3 Å². The van der Waals surface area contributed by atoms with E-state index in [2.05, 4.69) is 10.5 Å². The summed E-state index contributed by atoms with van der Waals surface area (Å²) in [5.74, 6) is -0.0842. The lowest BCUT2D eigenvalue weighted by Gasteiger charge is -2.31. The van der Waals surface area contributed by atoms with Gasteiger partial charge in [0, 0.05) is 23.6 Å². The quantitative estimate of drug-likeness (QED) is 0.701. The number of carbonyl (C=O) groups excluding carboxylic acids is 1. The number of ketones is 1. The number of rotatable bonds is 1. The SMILES string of the molecule is Cc1noc2c1[C@@H](c1ccc(O)c(O)c1)C1=C(CCCC1=O)N2. The number of nitrogens with zero attached hydrogens (tertiary/aromatic N) is 1. The fourth-order valence-electron chi connectivity index (χ4n) is 3.47. The van der Waals surface area contributed by atoms with Crippen LogP contribution >= 0.6 is 0 Å². The van der Waals surface area contributed by atoms with E-state index < -0.39 is 0 Å². The Morgan fingerprint density at radius 3 is 2.87 bits per heavy atom. The van der Waals surface area contributed by atoms with Gasteiger partial charge in [-0.05, 0) is 37.5 Å². The van der Waals surface area contributed by atoms with Crippen LogP contribution in [0.3, 0.4) is 0 Å². The van der Waals surface area contributed by atoms with E-state index in [4.69, 9.17) is 4.52 Å². The molecule has 0 saturated carbocycles. The Bertz CT molecular complexity index is 850. The van der Waals surface area contributed by atoms with Gasteiger partial charge < -0.3 is 20.1 Å². The highest BCUT2D eigenvalue weighted by Crippen LogP contribution is 2.47. The summed E-state index contributed by atoms with van der Waals surface area (Å²) < 4.78 is 5.36. The van der Waals surface area contributed by atoms with Crippen molar-refractivity contribution in [2.75, 3.05) is 5.32 Å². The lowest BCUT2D eigenvalue weighted by atomic mass is 9.76. The Kier molecular flexibility index (Phi) is 2.94. The van der Waals surface area contributed by atoms with Crippen molar-refractivity contribution in [2.45, 2.75) is 32.1 Å². The van der Waals surface area contributed by atoms with Gasteiger partial charge in [-0.3, -0.25) is 4.79 Å². The Labute approximate surface area is 132 Å². The minimum Gasteiger partial charge on any atom is -0.504 e. The van der Waals surface area contributed by atoms with Gasteiger partial charge in [-0.1, -0.05) is 11.2 Å². The predicted octanol–water partition coefficient (Wildman–Crippen LogP) is 2.96. The van der Waals surface area contributed by atoms with Crippen molar-refractivity contribution < 1.29 is 19.5 Å². The molecule has 6 heteroatoms. The van der Waals surface area contributed by atoms with E-state index in [-0.39, 0.29) is 23.2 Å². The van der Waals surface area contributed by atoms with E-state index in [0.717, 1.165) is 29.7 Å². The number of phenolic OH excluding ortho intramolecular Hbond substituents is 2. The number of aromatic nitrogens is 1. The van der Waals surface area contributed by atoms with Crippen LogP contribution in [0.5, 0.6) is 11.5 Å². The van der Waals surface area contributed by atoms with Gasteiger partial charge in [0.05, 0.1) is 11.3 Å². The molecule has 0 radical (unpaired) electrons. The smallest absolute Gasteiger partial charge is 0.233 e. The topological polar surface area (TPSA) is 95.6 Å². The molecule has 3 N–H and O–H groups in total. The molecule has 4 rings (SSSR count). The summed E-state index contributed by atoms with van der Waals surface area (Å²) in [5, 5.41) is 26.6. The summed E-state index contributed by atoms with van der Waals surface area (Å²) in [6.45, 7) is 1.83. The molecule has 23 heavy (non-hydrogen) atoms. The molecular formula is C17H16N2O4. The maximum Gasteiger partial charge on any atom is 0.233 e. The molecule has 0 unspecified atom stereocenters. The van der Waals surface area contributed by atoms with Crippen LogP contribution in [-0.2, 0) is 4.79 Å². The van der Waals surface area contributed by atoms with Crippen molar-refractivity contribution in [1.82, 2.24) is 5.16 Å². The molecule has 0 bridgehead atoms. The van der Waals surface area contributed by atoms with Crippen molar-refractivity contribution in [3.8, 4) is 11.5 Å². The first kappa shape index (κ1) is 13.9. The molecule has 6 nitrogen and oxygen atoms in total. The molecule has 0 spiro atoms. The number of hydrogen-bond acceptors (Lipinski definition) is 6. The van der Waals surface area contributed by atoms with Gasteiger partial charge in [0.25, 0.3) is 0 Å². The predicted molar refractivity (Wildman–Crippen MR) is 82.4 cm³/mol. The van der Waals surface area contributed by atoms with E-state index in [0.29, 0.717) is 23.6 Å². The lowest BCUT2D eigenvalue weighted by molar-refractivity contribution is -0.116. The first-order chi connectivity index (χ1) is 11.1. The number of benzene rings is 1. The van der Waals surface area contributed by atoms with Crippen LogP contribution in [0.15, 0.2) is 34.0 Å². The number of aryl methyl sites for hydroxylation is 1. The molecule has 1 aromatic carbocycles. The first-order valence-corrected chi connectivity index (χ1v) is 7.57.